The van der Waals surface area contributed by atoms with Gasteiger partial charge in [0.15, 0.2) is 0 Å². The maximum absolute atomic E-state index is 2.36. The third kappa shape index (κ3) is 2.58. The molecule has 3 aromatic rings. The predicted molar refractivity (Wildman–Crippen MR) is 94.6 cm³/mol. The molecule has 3 rings (SSSR count). The summed E-state index contributed by atoms with van der Waals surface area (Å²) in [6.45, 7) is 6.75. The lowest BCUT2D eigenvalue weighted by atomic mass is 9.91. The summed E-state index contributed by atoms with van der Waals surface area (Å²) in [4.78, 5) is 0. The van der Waals surface area contributed by atoms with Crippen molar-refractivity contribution in [3.8, 4) is 0 Å². The van der Waals surface area contributed by atoms with Gasteiger partial charge in [-0.25, -0.2) is 0 Å². The van der Waals surface area contributed by atoms with Gasteiger partial charge in [0.25, 0.3) is 0 Å². The van der Waals surface area contributed by atoms with Crippen LogP contribution in [0.3, 0.4) is 0 Å². The van der Waals surface area contributed by atoms with Crippen molar-refractivity contribution in [1.82, 2.24) is 0 Å². The van der Waals surface area contributed by atoms with Crippen LogP contribution >= 0.6 is 0 Å². The van der Waals surface area contributed by atoms with Gasteiger partial charge in [0.05, 0.1) is 0 Å². The number of hydrogen-bond acceptors (Lipinski definition) is 0. The molecule has 0 spiro atoms. The van der Waals surface area contributed by atoms with E-state index in [-0.39, 0.29) is 0 Å². The first-order valence-electron chi connectivity index (χ1n) is 7.82. The highest BCUT2D eigenvalue weighted by Gasteiger charge is 2.08. The molecule has 0 saturated heterocycles. The third-order valence-corrected chi connectivity index (χ3v) is 4.13. The molecule has 0 aliphatic rings. The Morgan fingerprint density at radius 2 is 1.57 bits per heavy atom. The Balaban J connectivity index is 2.27. The predicted octanol–water partition coefficient (Wildman–Crippen LogP) is 6.44. The highest BCUT2D eigenvalue weighted by molar-refractivity contribution is 6.08. The monoisotopic (exact) mass is 274 g/mol. The summed E-state index contributed by atoms with van der Waals surface area (Å²) >= 11 is 0. The standard InChI is InChI=1S/C21H22/c1-4-7-19(15(2)3)18-13-12-17-11-10-16-8-5-6-9-20(16)21(17)14-18/h5-15H,4H2,1-3H3/b19-7-. The highest BCUT2D eigenvalue weighted by Crippen LogP contribution is 2.30. The Kier molecular flexibility index (Phi) is 3.79. The fourth-order valence-corrected chi connectivity index (χ4v) is 3.09. The number of allylic oxidation sites excluding steroid dienone is 2. The van der Waals surface area contributed by atoms with Crippen molar-refractivity contribution in [3.05, 3.63) is 66.2 Å². The summed E-state index contributed by atoms with van der Waals surface area (Å²) < 4.78 is 0. The van der Waals surface area contributed by atoms with Crippen LogP contribution < -0.4 is 0 Å². The van der Waals surface area contributed by atoms with Gasteiger partial charge >= 0.3 is 0 Å². The molecule has 0 saturated carbocycles. The topological polar surface area (TPSA) is 0 Å². The van der Waals surface area contributed by atoms with E-state index < -0.39 is 0 Å². The molecule has 21 heavy (non-hydrogen) atoms. The molecule has 0 N–H and O–H groups in total. The zero-order valence-corrected chi connectivity index (χ0v) is 13.1. The van der Waals surface area contributed by atoms with E-state index in [9.17, 15) is 0 Å². The highest BCUT2D eigenvalue weighted by atomic mass is 14.1. The van der Waals surface area contributed by atoms with Crippen molar-refractivity contribution in [1.29, 1.82) is 0 Å². The third-order valence-electron chi connectivity index (χ3n) is 4.13. The van der Waals surface area contributed by atoms with Gasteiger partial charge in [-0.05, 0) is 51.1 Å². The molecule has 106 valence electrons. The number of hydrogen-bond donors (Lipinski definition) is 0. The van der Waals surface area contributed by atoms with Gasteiger partial charge in [-0.3, -0.25) is 0 Å². The number of benzene rings is 3. The van der Waals surface area contributed by atoms with Crippen LogP contribution in [0.2, 0.25) is 0 Å². The van der Waals surface area contributed by atoms with Crippen molar-refractivity contribution in [2.75, 3.05) is 0 Å². The summed E-state index contributed by atoms with van der Waals surface area (Å²) in [6, 6.07) is 19.9. The van der Waals surface area contributed by atoms with E-state index in [0.29, 0.717) is 5.92 Å². The van der Waals surface area contributed by atoms with E-state index in [1.54, 1.807) is 0 Å². The zero-order valence-electron chi connectivity index (χ0n) is 13.1. The molecule has 0 amide bonds. The first-order valence-corrected chi connectivity index (χ1v) is 7.82. The van der Waals surface area contributed by atoms with Crippen LogP contribution in [-0.4, -0.2) is 0 Å². The second kappa shape index (κ2) is 5.73. The summed E-state index contributed by atoms with van der Waals surface area (Å²) in [5.74, 6) is 0.553. The Morgan fingerprint density at radius 3 is 2.29 bits per heavy atom. The van der Waals surface area contributed by atoms with Gasteiger partial charge in [-0.2, -0.15) is 0 Å². The Bertz CT molecular complexity index is 807. The molecule has 0 atom stereocenters. The van der Waals surface area contributed by atoms with Gasteiger partial charge in [0, 0.05) is 0 Å². The number of rotatable bonds is 3. The van der Waals surface area contributed by atoms with Crippen molar-refractivity contribution < 1.29 is 0 Å². The number of fused-ring (bicyclic) bond motifs is 3. The van der Waals surface area contributed by atoms with Gasteiger partial charge < -0.3 is 0 Å². The maximum atomic E-state index is 2.36. The van der Waals surface area contributed by atoms with Crippen LogP contribution in [0.25, 0.3) is 27.1 Å². The van der Waals surface area contributed by atoms with Gasteiger partial charge in [0.2, 0.25) is 0 Å². The molecule has 0 aromatic heterocycles. The maximum Gasteiger partial charge on any atom is -0.00994 e. The van der Waals surface area contributed by atoms with Crippen LogP contribution in [0.5, 0.6) is 0 Å². The van der Waals surface area contributed by atoms with E-state index in [2.05, 4.69) is 81.4 Å². The summed E-state index contributed by atoms with van der Waals surface area (Å²) in [5, 5.41) is 5.33. The molecule has 0 aliphatic heterocycles. The Morgan fingerprint density at radius 1 is 0.905 bits per heavy atom. The molecule has 0 heterocycles. The minimum Gasteiger partial charge on any atom is -0.0807 e. The van der Waals surface area contributed by atoms with Crippen molar-refractivity contribution in [2.45, 2.75) is 27.2 Å². The summed E-state index contributed by atoms with van der Waals surface area (Å²) in [5.41, 5.74) is 2.81. The quantitative estimate of drug-likeness (QED) is 0.482. The summed E-state index contributed by atoms with van der Waals surface area (Å²) in [7, 11) is 0. The molecule has 0 unspecified atom stereocenters. The second-order valence-corrected chi connectivity index (χ2v) is 5.95. The van der Waals surface area contributed by atoms with E-state index in [4.69, 9.17) is 0 Å². The molecular weight excluding hydrogens is 252 g/mol. The Labute approximate surface area is 127 Å². The average Bonchev–Trinajstić information content (AvgIpc) is 2.51. The first kappa shape index (κ1) is 13.9. The molecule has 0 radical (unpaired) electrons. The molecule has 0 bridgehead atoms. The normalized spacial score (nSPS) is 12.5. The molecule has 3 aromatic carbocycles. The minimum absolute atomic E-state index is 0.553. The molecule has 0 nitrogen and oxygen atoms in total. The van der Waals surface area contributed by atoms with Gasteiger partial charge in [-0.15, -0.1) is 0 Å². The zero-order chi connectivity index (χ0) is 14.8. The van der Waals surface area contributed by atoms with Crippen LogP contribution in [0, 0.1) is 5.92 Å². The first-order chi connectivity index (χ1) is 10.2. The van der Waals surface area contributed by atoms with Crippen LogP contribution in [0.4, 0.5) is 0 Å². The van der Waals surface area contributed by atoms with E-state index in [1.165, 1.54) is 32.7 Å². The van der Waals surface area contributed by atoms with E-state index in [0.717, 1.165) is 6.42 Å². The van der Waals surface area contributed by atoms with E-state index in [1.807, 2.05) is 0 Å². The minimum atomic E-state index is 0.553. The van der Waals surface area contributed by atoms with Crippen molar-refractivity contribution in [2.24, 2.45) is 5.92 Å². The summed E-state index contributed by atoms with van der Waals surface area (Å²) in [6.07, 6.45) is 3.44. The van der Waals surface area contributed by atoms with Crippen LogP contribution in [0.15, 0.2) is 60.7 Å². The van der Waals surface area contributed by atoms with E-state index >= 15 is 0 Å². The lowest BCUT2D eigenvalue weighted by molar-refractivity contribution is 0.851. The fraction of sp³-hybridized carbons (Fsp3) is 0.238. The van der Waals surface area contributed by atoms with Gasteiger partial charge in [0.1, 0.15) is 0 Å². The molecule has 0 heteroatoms. The van der Waals surface area contributed by atoms with Crippen LogP contribution in [-0.2, 0) is 0 Å². The average molecular weight is 274 g/mol. The van der Waals surface area contributed by atoms with Crippen molar-refractivity contribution in [3.63, 3.8) is 0 Å². The molecule has 0 aliphatic carbocycles. The largest absolute Gasteiger partial charge is 0.0807 e. The lowest BCUT2D eigenvalue weighted by Crippen LogP contribution is -1.94. The molecule has 0 fully saturated rings. The van der Waals surface area contributed by atoms with Crippen LogP contribution in [0.1, 0.15) is 32.8 Å². The smallest absolute Gasteiger partial charge is 0.00994 e. The molecular formula is C21H22. The lowest BCUT2D eigenvalue weighted by Gasteiger charge is -2.13. The SMILES string of the molecule is CC/C=C(\c1ccc2ccc3ccccc3c2c1)C(C)C. The Hall–Kier alpha value is -2.08. The second-order valence-electron chi connectivity index (χ2n) is 5.95. The van der Waals surface area contributed by atoms with Crippen molar-refractivity contribution >= 4 is 27.1 Å². The fourth-order valence-electron chi connectivity index (χ4n) is 3.09. The van der Waals surface area contributed by atoms with Gasteiger partial charge in [-0.1, -0.05) is 75.4 Å².